The lowest BCUT2D eigenvalue weighted by molar-refractivity contribution is 0.0596. The van der Waals surface area contributed by atoms with Gasteiger partial charge in [0, 0.05) is 13.2 Å². The predicted octanol–water partition coefficient (Wildman–Crippen LogP) is 6.10. The van der Waals surface area contributed by atoms with Crippen molar-refractivity contribution in [1.82, 2.24) is 0 Å². The van der Waals surface area contributed by atoms with Crippen molar-refractivity contribution in [2.75, 3.05) is 13.2 Å². The molecule has 0 saturated heterocycles. The third-order valence-electron chi connectivity index (χ3n) is 8.73. The summed E-state index contributed by atoms with van der Waals surface area (Å²) in [7, 11) is 0. The average molecular weight is 477 g/mol. The summed E-state index contributed by atoms with van der Waals surface area (Å²) in [4.78, 5) is 0. The zero-order chi connectivity index (χ0) is 25.4. The lowest BCUT2D eigenvalue weighted by atomic mass is 9.60. The summed E-state index contributed by atoms with van der Waals surface area (Å²) in [5.41, 5.74) is 3.74. The van der Waals surface area contributed by atoms with Crippen LogP contribution >= 0.6 is 0 Å². The maximum Gasteiger partial charge on any atom is 0.0787 e. The molecule has 4 unspecified atom stereocenters. The highest BCUT2D eigenvalue weighted by Gasteiger charge is 2.50. The Balaban J connectivity index is 0.000000739. The summed E-state index contributed by atoms with van der Waals surface area (Å²) in [5.74, 6) is 2.26. The highest BCUT2D eigenvalue weighted by molar-refractivity contribution is 5.37. The Hall–Kier alpha value is -0.940. The molecule has 4 heteroatoms. The van der Waals surface area contributed by atoms with Crippen LogP contribution < -0.4 is 0 Å². The predicted molar refractivity (Wildman–Crippen MR) is 141 cm³/mol. The lowest BCUT2D eigenvalue weighted by Crippen LogP contribution is -2.36. The van der Waals surface area contributed by atoms with E-state index in [1.165, 1.54) is 44.1 Å². The van der Waals surface area contributed by atoms with E-state index in [4.69, 9.17) is 10.2 Å². The van der Waals surface area contributed by atoms with Gasteiger partial charge in [0.25, 0.3) is 0 Å². The highest BCUT2D eigenvalue weighted by atomic mass is 16.3. The SMILES string of the molecule is C=C1/C(=C\C=C2/CCCC3(C)C2CCC3[C@H](C)CCCC(C)(C)O)CCCC1O.OCCCO. The van der Waals surface area contributed by atoms with E-state index in [2.05, 4.69) is 32.6 Å². The first-order chi connectivity index (χ1) is 16.0. The van der Waals surface area contributed by atoms with Crippen LogP contribution in [-0.4, -0.2) is 45.3 Å². The molecule has 34 heavy (non-hydrogen) atoms. The zero-order valence-electron chi connectivity index (χ0n) is 22.4. The first kappa shape index (κ1) is 29.3. The summed E-state index contributed by atoms with van der Waals surface area (Å²) in [6.07, 6.45) is 17.7. The molecule has 4 nitrogen and oxygen atoms in total. The second-order valence-electron chi connectivity index (χ2n) is 11.9. The summed E-state index contributed by atoms with van der Waals surface area (Å²) in [6, 6.07) is 0. The third kappa shape index (κ3) is 8.05. The van der Waals surface area contributed by atoms with Crippen LogP contribution in [0.15, 0.2) is 35.5 Å². The van der Waals surface area contributed by atoms with E-state index in [9.17, 15) is 10.2 Å². The molecule has 0 heterocycles. The molecule has 0 radical (unpaired) electrons. The van der Waals surface area contributed by atoms with Crippen LogP contribution in [-0.2, 0) is 0 Å². The molecule has 0 spiro atoms. The van der Waals surface area contributed by atoms with E-state index < -0.39 is 5.60 Å². The topological polar surface area (TPSA) is 80.9 Å². The van der Waals surface area contributed by atoms with Gasteiger partial charge in [-0.3, -0.25) is 0 Å². The van der Waals surface area contributed by atoms with E-state index in [0.29, 0.717) is 11.8 Å². The largest absolute Gasteiger partial charge is 0.396 e. The second kappa shape index (κ2) is 13.4. The number of aliphatic hydroxyl groups is 4. The normalized spacial score (nSPS) is 32.9. The standard InChI is InChI=1S/C27H44O2.C3H8O2/c1-19(9-7-17-26(3,4)29)23-15-16-24-22(11-8-18-27(23,24)5)14-13-21-10-6-12-25(28)20(21)2;4-2-1-3-5/h13-14,19,23-25,28-29H,2,6-12,15-18H2,1,3-5H3;4-5H,1-3H2/b21-13-,22-14+;/t19-,23?,24?,25?,27?;/m1./s1. The first-order valence-electron chi connectivity index (χ1n) is 13.7. The van der Waals surface area contributed by atoms with Gasteiger partial charge in [0.15, 0.2) is 0 Å². The maximum atomic E-state index is 10.1. The lowest BCUT2D eigenvalue weighted by Gasteiger charge is -2.44. The van der Waals surface area contributed by atoms with E-state index in [1.54, 1.807) is 5.57 Å². The molecule has 4 N–H and O–H groups in total. The van der Waals surface area contributed by atoms with Crippen LogP contribution in [0.4, 0.5) is 0 Å². The number of hydrogen-bond donors (Lipinski definition) is 4. The van der Waals surface area contributed by atoms with E-state index in [1.807, 2.05) is 13.8 Å². The maximum absolute atomic E-state index is 10.1. The molecule has 3 saturated carbocycles. The zero-order valence-corrected chi connectivity index (χ0v) is 22.4. The summed E-state index contributed by atoms with van der Waals surface area (Å²) in [6.45, 7) is 13.2. The quantitative estimate of drug-likeness (QED) is 0.341. The van der Waals surface area contributed by atoms with Gasteiger partial charge in [0.2, 0.25) is 0 Å². The Kier molecular flexibility index (Phi) is 11.5. The van der Waals surface area contributed by atoms with Gasteiger partial charge in [-0.25, -0.2) is 0 Å². The van der Waals surface area contributed by atoms with Gasteiger partial charge in [-0.1, -0.05) is 51.0 Å². The van der Waals surface area contributed by atoms with E-state index >= 15 is 0 Å². The number of rotatable bonds is 8. The second-order valence-corrected chi connectivity index (χ2v) is 11.9. The minimum atomic E-state index is -0.535. The molecular formula is C30H52O4. The van der Waals surface area contributed by atoms with Crippen LogP contribution in [0.2, 0.25) is 0 Å². The van der Waals surface area contributed by atoms with Crippen LogP contribution in [0, 0.1) is 23.2 Å². The minimum absolute atomic E-state index is 0.0938. The molecule has 3 aliphatic carbocycles. The molecule has 0 aliphatic heterocycles. The summed E-state index contributed by atoms with van der Waals surface area (Å²) >= 11 is 0. The van der Waals surface area contributed by atoms with Gasteiger partial charge in [-0.05, 0) is 112 Å². The number of fused-ring (bicyclic) bond motifs is 1. The number of allylic oxidation sites excluding steroid dienone is 3. The molecule has 3 fully saturated rings. The first-order valence-corrected chi connectivity index (χ1v) is 13.7. The highest BCUT2D eigenvalue weighted by Crippen LogP contribution is 2.60. The van der Waals surface area contributed by atoms with Gasteiger partial charge in [-0.2, -0.15) is 0 Å². The summed E-state index contributed by atoms with van der Waals surface area (Å²) < 4.78 is 0. The van der Waals surface area contributed by atoms with Gasteiger partial charge < -0.3 is 20.4 Å². The number of aliphatic hydroxyl groups excluding tert-OH is 3. The molecule has 5 atom stereocenters. The van der Waals surface area contributed by atoms with Crippen molar-refractivity contribution in [3.8, 4) is 0 Å². The molecule has 0 amide bonds. The smallest absolute Gasteiger partial charge is 0.0787 e. The Morgan fingerprint density at radius 1 is 1.06 bits per heavy atom. The van der Waals surface area contributed by atoms with Crippen molar-refractivity contribution in [2.24, 2.45) is 23.2 Å². The Bertz CT molecular complexity index is 699. The molecule has 0 aromatic carbocycles. The average Bonchev–Trinajstić information content (AvgIpc) is 3.12. The Labute approximate surface area is 208 Å². The van der Waals surface area contributed by atoms with Gasteiger partial charge in [0.05, 0.1) is 11.7 Å². The van der Waals surface area contributed by atoms with Crippen molar-refractivity contribution < 1.29 is 20.4 Å². The molecule has 0 bridgehead atoms. The molecule has 3 aliphatic rings. The van der Waals surface area contributed by atoms with Crippen molar-refractivity contribution >= 4 is 0 Å². The fraction of sp³-hybridized carbons (Fsp3) is 0.800. The monoisotopic (exact) mass is 476 g/mol. The molecule has 0 aromatic rings. The van der Waals surface area contributed by atoms with Crippen molar-refractivity contribution in [3.05, 3.63) is 35.5 Å². The van der Waals surface area contributed by atoms with Crippen LogP contribution in [0.1, 0.15) is 105 Å². The summed E-state index contributed by atoms with van der Waals surface area (Å²) in [5, 5.41) is 36.0. The van der Waals surface area contributed by atoms with Gasteiger partial charge >= 0.3 is 0 Å². The van der Waals surface area contributed by atoms with Crippen LogP contribution in [0.3, 0.4) is 0 Å². The van der Waals surface area contributed by atoms with E-state index in [-0.39, 0.29) is 19.3 Å². The third-order valence-corrected chi connectivity index (χ3v) is 8.73. The Morgan fingerprint density at radius 3 is 2.38 bits per heavy atom. The van der Waals surface area contributed by atoms with Gasteiger partial charge in [0.1, 0.15) is 0 Å². The fourth-order valence-corrected chi connectivity index (χ4v) is 6.78. The Morgan fingerprint density at radius 2 is 1.76 bits per heavy atom. The number of hydrogen-bond acceptors (Lipinski definition) is 4. The fourth-order valence-electron chi connectivity index (χ4n) is 6.78. The van der Waals surface area contributed by atoms with Crippen LogP contribution in [0.5, 0.6) is 0 Å². The van der Waals surface area contributed by atoms with Gasteiger partial charge in [-0.15, -0.1) is 0 Å². The van der Waals surface area contributed by atoms with E-state index in [0.717, 1.165) is 55.4 Å². The molecule has 3 rings (SSSR count). The molecule has 196 valence electrons. The van der Waals surface area contributed by atoms with Crippen molar-refractivity contribution in [1.29, 1.82) is 0 Å². The van der Waals surface area contributed by atoms with Crippen molar-refractivity contribution in [2.45, 2.75) is 116 Å². The minimum Gasteiger partial charge on any atom is -0.396 e. The molecular weight excluding hydrogens is 424 g/mol. The van der Waals surface area contributed by atoms with Crippen molar-refractivity contribution in [3.63, 3.8) is 0 Å². The van der Waals surface area contributed by atoms with Crippen LogP contribution in [0.25, 0.3) is 0 Å². The molecule has 0 aromatic heterocycles.